The van der Waals surface area contributed by atoms with Gasteiger partial charge in [-0.15, -0.1) is 0 Å². The van der Waals surface area contributed by atoms with E-state index in [1.807, 2.05) is 0 Å². The Morgan fingerprint density at radius 3 is 1.31 bits per heavy atom. The van der Waals surface area contributed by atoms with E-state index in [2.05, 4.69) is 81.5 Å². The van der Waals surface area contributed by atoms with Crippen molar-refractivity contribution in [3.8, 4) is 0 Å². The average Bonchev–Trinajstić information content (AvgIpc) is 3.17. The van der Waals surface area contributed by atoms with Gasteiger partial charge in [0.1, 0.15) is 6.61 Å². The zero-order valence-electron chi connectivity index (χ0n) is 35.7. The number of hydrogen-bond acceptors (Lipinski definition) is 5. The maximum absolute atomic E-state index is 12.5. The van der Waals surface area contributed by atoms with E-state index < -0.39 is 6.10 Å². The van der Waals surface area contributed by atoms with Crippen LogP contribution in [0.4, 0.5) is 0 Å². The van der Waals surface area contributed by atoms with Crippen LogP contribution in [0.3, 0.4) is 0 Å². The molecule has 5 nitrogen and oxygen atoms in total. The van der Waals surface area contributed by atoms with E-state index in [0.29, 0.717) is 19.4 Å². The first-order valence-electron chi connectivity index (χ1n) is 22.8. The summed E-state index contributed by atoms with van der Waals surface area (Å²) in [5, 5.41) is 0. The van der Waals surface area contributed by atoms with Gasteiger partial charge in [-0.2, -0.15) is 0 Å². The predicted molar refractivity (Wildman–Crippen MR) is 233 cm³/mol. The van der Waals surface area contributed by atoms with E-state index >= 15 is 0 Å². The first kappa shape index (κ1) is 51.6. The molecule has 0 bridgehead atoms. The summed E-state index contributed by atoms with van der Waals surface area (Å²) < 4.78 is 17.2. The first-order valence-corrected chi connectivity index (χ1v) is 22.8. The molecule has 312 valence electrons. The summed E-state index contributed by atoms with van der Waals surface area (Å²) >= 11 is 0. The van der Waals surface area contributed by atoms with Crippen molar-refractivity contribution in [2.75, 3.05) is 19.8 Å². The third kappa shape index (κ3) is 42.3. The first-order chi connectivity index (χ1) is 26.6. The minimum atomic E-state index is -0.552. The molecule has 0 aromatic rings. The molecule has 5 heteroatoms. The highest BCUT2D eigenvalue weighted by atomic mass is 16.6. The monoisotopic (exact) mass is 755 g/mol. The van der Waals surface area contributed by atoms with Gasteiger partial charge in [-0.3, -0.25) is 9.59 Å². The van der Waals surface area contributed by atoms with Crippen LogP contribution in [0.5, 0.6) is 0 Å². The van der Waals surface area contributed by atoms with Crippen LogP contribution >= 0.6 is 0 Å². The molecular weight excluding hydrogens is 669 g/mol. The van der Waals surface area contributed by atoms with Crippen molar-refractivity contribution in [1.82, 2.24) is 0 Å². The Kier molecular flexibility index (Phi) is 43.0. The largest absolute Gasteiger partial charge is 0.462 e. The van der Waals surface area contributed by atoms with Crippen LogP contribution < -0.4 is 0 Å². The van der Waals surface area contributed by atoms with Crippen LogP contribution in [0.1, 0.15) is 213 Å². The zero-order chi connectivity index (χ0) is 39.3. The van der Waals surface area contributed by atoms with Crippen molar-refractivity contribution in [2.24, 2.45) is 0 Å². The molecule has 0 fully saturated rings. The molecule has 0 N–H and O–H groups in total. The summed E-state index contributed by atoms with van der Waals surface area (Å²) in [6, 6.07) is 0. The minimum absolute atomic E-state index is 0.0566. The molecule has 0 aliphatic carbocycles. The highest BCUT2D eigenvalue weighted by Gasteiger charge is 2.17. The van der Waals surface area contributed by atoms with E-state index in [1.54, 1.807) is 0 Å². The van der Waals surface area contributed by atoms with Crippen molar-refractivity contribution in [2.45, 2.75) is 219 Å². The van der Waals surface area contributed by atoms with Crippen molar-refractivity contribution < 1.29 is 23.8 Å². The van der Waals surface area contributed by atoms with Gasteiger partial charge in [-0.05, 0) is 57.8 Å². The Morgan fingerprint density at radius 1 is 0.426 bits per heavy atom. The van der Waals surface area contributed by atoms with Crippen molar-refractivity contribution in [3.05, 3.63) is 60.8 Å². The van der Waals surface area contributed by atoms with E-state index in [9.17, 15) is 9.59 Å². The number of carbonyl (C=O) groups excluding carboxylic acids is 2. The summed E-state index contributed by atoms with van der Waals surface area (Å²) in [5.74, 6) is -0.474. The average molecular weight is 755 g/mol. The van der Waals surface area contributed by atoms with Crippen LogP contribution in [0.2, 0.25) is 0 Å². The highest BCUT2D eigenvalue weighted by molar-refractivity contribution is 5.70. The van der Waals surface area contributed by atoms with Gasteiger partial charge in [0.2, 0.25) is 0 Å². The van der Waals surface area contributed by atoms with Crippen molar-refractivity contribution >= 4 is 11.9 Å². The molecule has 1 unspecified atom stereocenters. The van der Waals surface area contributed by atoms with Crippen LogP contribution in [0.25, 0.3) is 0 Å². The topological polar surface area (TPSA) is 61.8 Å². The van der Waals surface area contributed by atoms with E-state index in [0.717, 1.165) is 77.0 Å². The third-order valence-corrected chi connectivity index (χ3v) is 9.57. The second kappa shape index (κ2) is 45.0. The van der Waals surface area contributed by atoms with E-state index in [4.69, 9.17) is 14.2 Å². The molecule has 0 amide bonds. The summed E-state index contributed by atoms with van der Waals surface area (Å²) in [6.45, 7) is 7.59. The standard InChI is InChI=1S/C49H86O5/c1-4-7-10-13-15-17-19-21-23-25-26-28-30-32-34-37-39-42-48(50)53-46-47(54-49(51)43-40-36-12-9-6-3)45-52-44-41-38-35-33-31-29-27-24-22-20-18-16-14-11-8-5-2/h7,10,15,17,21,23,26,28,32,34,47H,4-6,8-9,11-14,16,18-20,22,24-25,27,29-31,33,35-46H2,1-3H3/b10-7-,17-15-,23-21-,28-26-,34-32-. The Hall–Kier alpha value is -2.40. The third-order valence-electron chi connectivity index (χ3n) is 9.57. The van der Waals surface area contributed by atoms with Crippen molar-refractivity contribution in [3.63, 3.8) is 0 Å². The Labute approximate surface area is 334 Å². The lowest BCUT2D eigenvalue weighted by molar-refractivity contribution is -0.163. The van der Waals surface area contributed by atoms with Gasteiger partial charge >= 0.3 is 11.9 Å². The Balaban J connectivity index is 4.14. The molecule has 0 aliphatic rings. The van der Waals surface area contributed by atoms with Crippen LogP contribution in [-0.4, -0.2) is 37.9 Å². The molecule has 0 aliphatic heterocycles. The summed E-state index contributed by atoms with van der Waals surface area (Å²) in [5.41, 5.74) is 0. The molecule has 0 saturated carbocycles. The molecule has 0 heterocycles. The highest BCUT2D eigenvalue weighted by Crippen LogP contribution is 2.14. The number of carbonyl (C=O) groups is 2. The molecule has 1 atom stereocenters. The van der Waals surface area contributed by atoms with Crippen molar-refractivity contribution in [1.29, 1.82) is 0 Å². The smallest absolute Gasteiger partial charge is 0.306 e. The molecule has 0 saturated heterocycles. The van der Waals surface area contributed by atoms with Gasteiger partial charge in [0, 0.05) is 19.4 Å². The predicted octanol–water partition coefficient (Wildman–Crippen LogP) is 15.0. The fourth-order valence-electron chi connectivity index (χ4n) is 6.19. The lowest BCUT2D eigenvalue weighted by atomic mass is 10.0. The second-order valence-electron chi connectivity index (χ2n) is 14.9. The normalized spacial score (nSPS) is 12.7. The maximum Gasteiger partial charge on any atom is 0.306 e. The lowest BCUT2D eigenvalue weighted by Gasteiger charge is -2.18. The Morgan fingerprint density at radius 2 is 0.833 bits per heavy atom. The second-order valence-corrected chi connectivity index (χ2v) is 14.9. The SMILES string of the molecule is CC/C=C\C/C=C\C/C=C\C/C=C\C/C=C\CCCC(=O)OCC(COCCCCCCCCCCCCCCCCCC)OC(=O)CCCCCCC. The molecule has 0 rings (SSSR count). The number of ether oxygens (including phenoxy) is 3. The molecule has 0 aromatic carbocycles. The minimum Gasteiger partial charge on any atom is -0.462 e. The maximum atomic E-state index is 12.5. The quantitative estimate of drug-likeness (QED) is 0.0353. The van der Waals surface area contributed by atoms with Crippen LogP contribution in [0.15, 0.2) is 60.8 Å². The molecule has 0 radical (unpaired) electrons. The zero-order valence-corrected chi connectivity index (χ0v) is 35.7. The summed E-state index contributed by atoms with van der Waals surface area (Å²) in [7, 11) is 0. The number of allylic oxidation sites excluding steroid dienone is 10. The van der Waals surface area contributed by atoms with Gasteiger partial charge in [0.05, 0.1) is 6.61 Å². The van der Waals surface area contributed by atoms with E-state index in [1.165, 1.54) is 103 Å². The number of esters is 2. The summed E-state index contributed by atoms with van der Waals surface area (Å²) in [4.78, 5) is 25.0. The fraction of sp³-hybridized carbons (Fsp3) is 0.755. The lowest BCUT2D eigenvalue weighted by Crippen LogP contribution is -2.30. The Bertz CT molecular complexity index is 946. The molecular formula is C49H86O5. The van der Waals surface area contributed by atoms with Crippen LogP contribution in [0, 0.1) is 0 Å². The van der Waals surface area contributed by atoms with Gasteiger partial charge in [-0.25, -0.2) is 0 Å². The van der Waals surface area contributed by atoms with Gasteiger partial charge in [-0.1, -0.05) is 204 Å². The number of unbranched alkanes of at least 4 members (excludes halogenated alkanes) is 20. The molecule has 0 spiro atoms. The van der Waals surface area contributed by atoms with E-state index in [-0.39, 0.29) is 25.2 Å². The van der Waals surface area contributed by atoms with Gasteiger partial charge in [0.15, 0.2) is 6.10 Å². The van der Waals surface area contributed by atoms with Crippen LogP contribution in [-0.2, 0) is 23.8 Å². The summed E-state index contributed by atoms with van der Waals surface area (Å²) in [6.07, 6.45) is 55.4. The van der Waals surface area contributed by atoms with Gasteiger partial charge in [0.25, 0.3) is 0 Å². The molecule has 0 aromatic heterocycles. The molecule has 54 heavy (non-hydrogen) atoms. The van der Waals surface area contributed by atoms with Gasteiger partial charge < -0.3 is 14.2 Å². The number of hydrogen-bond donors (Lipinski definition) is 0. The fourth-order valence-corrected chi connectivity index (χ4v) is 6.19. The number of rotatable bonds is 41.